The fourth-order valence-electron chi connectivity index (χ4n) is 4.59. The number of amides is 5. The maximum Gasteiger partial charge on any atom is 0.547 e. The third kappa shape index (κ3) is 5.93. The Morgan fingerprint density at radius 2 is 1.93 bits per heavy atom. The number of nitro benzene ring substituents is 1. The predicted octanol–water partition coefficient (Wildman–Crippen LogP) is -1.48. The van der Waals surface area contributed by atoms with Crippen LogP contribution in [0.2, 0.25) is 0 Å². The van der Waals surface area contributed by atoms with E-state index >= 15 is 0 Å². The van der Waals surface area contributed by atoms with Crippen molar-refractivity contribution in [3.8, 4) is 11.5 Å². The molecule has 5 amide bonds. The van der Waals surface area contributed by atoms with Gasteiger partial charge in [-0.3, -0.25) is 29.4 Å². The van der Waals surface area contributed by atoms with Crippen molar-refractivity contribution in [3.05, 3.63) is 63.2 Å². The van der Waals surface area contributed by atoms with Crippen molar-refractivity contribution in [1.29, 1.82) is 0 Å². The van der Waals surface area contributed by atoms with Crippen LogP contribution < -0.4 is 21.0 Å². The fourth-order valence-corrected chi connectivity index (χ4v) is 4.59. The van der Waals surface area contributed by atoms with Crippen LogP contribution in [0.25, 0.3) is 0 Å². The molecule has 2 aromatic rings. The molecule has 0 saturated carbocycles. The summed E-state index contributed by atoms with van der Waals surface area (Å²) in [4.78, 5) is 75.4. The Morgan fingerprint density at radius 1 is 1.19 bits per heavy atom. The maximum absolute atomic E-state index is 13.5. The van der Waals surface area contributed by atoms with Crippen molar-refractivity contribution in [1.82, 2.24) is 20.4 Å². The van der Waals surface area contributed by atoms with Gasteiger partial charge in [0.05, 0.1) is 16.4 Å². The van der Waals surface area contributed by atoms with E-state index in [1.807, 2.05) is 0 Å². The fraction of sp³-hybridized carbons (Fsp3) is 0.292. The molecule has 0 radical (unpaired) electrons. The summed E-state index contributed by atoms with van der Waals surface area (Å²) in [6, 6.07) is 4.28. The highest BCUT2D eigenvalue weighted by Crippen LogP contribution is 2.32. The summed E-state index contributed by atoms with van der Waals surface area (Å²) in [6.07, 6.45) is -0.0875. The first-order valence-electron chi connectivity index (χ1n) is 12.5. The second kappa shape index (κ2) is 12.1. The Bertz CT molecular complexity index is 1470. The molecule has 2 heterocycles. The number of para-hydroxylation sites is 1. The number of hydrogen-bond acceptors (Lipinski definition) is 11. The lowest BCUT2D eigenvalue weighted by Gasteiger charge is -2.33. The monoisotopic (exact) mass is 584 g/mol. The van der Waals surface area contributed by atoms with Crippen molar-refractivity contribution in [2.75, 3.05) is 26.2 Å². The molecule has 17 nitrogen and oxygen atoms in total. The first-order valence-corrected chi connectivity index (χ1v) is 12.5. The number of carbonyl (C=O) groups is 5. The number of phenols is 1. The van der Waals surface area contributed by atoms with E-state index < -0.39 is 65.2 Å². The number of phenolic OH excluding ortho intramolecular Hbond substituents is 1. The number of rotatable bonds is 8. The number of carboxylic acid groups (broad SMARTS) is 1. The number of nitro groups is 1. The summed E-state index contributed by atoms with van der Waals surface area (Å²) in [7, 11) is -1.72. The maximum atomic E-state index is 13.5. The average Bonchev–Trinajstić information content (AvgIpc) is 2.94. The molecule has 42 heavy (non-hydrogen) atoms. The normalized spacial score (nSPS) is 17.2. The first kappa shape index (κ1) is 29.8. The van der Waals surface area contributed by atoms with Crippen molar-refractivity contribution in [3.63, 3.8) is 0 Å². The smallest absolute Gasteiger partial charge is 0.534 e. The van der Waals surface area contributed by atoms with Gasteiger partial charge in [-0.25, -0.2) is 9.59 Å². The van der Waals surface area contributed by atoms with Gasteiger partial charge in [0.1, 0.15) is 11.8 Å². The minimum atomic E-state index is -1.72. The molecule has 1 unspecified atom stereocenters. The number of imide groups is 1. The number of benzene rings is 2. The van der Waals surface area contributed by atoms with Crippen molar-refractivity contribution >= 4 is 42.5 Å². The van der Waals surface area contributed by atoms with Crippen LogP contribution in [0.5, 0.6) is 11.5 Å². The number of aromatic carboxylic acids is 1. The van der Waals surface area contributed by atoms with Gasteiger partial charge in [0.15, 0.2) is 5.75 Å². The zero-order valence-electron chi connectivity index (χ0n) is 21.8. The third-order valence-electron chi connectivity index (χ3n) is 6.69. The van der Waals surface area contributed by atoms with Crippen LogP contribution in [0.15, 0.2) is 36.4 Å². The Kier molecular flexibility index (Phi) is 8.58. The molecule has 0 aliphatic carbocycles. The van der Waals surface area contributed by atoms with E-state index in [0.29, 0.717) is 10.5 Å². The summed E-state index contributed by atoms with van der Waals surface area (Å²) < 4.78 is 5.37. The van der Waals surface area contributed by atoms with Gasteiger partial charge in [0.2, 0.25) is 5.91 Å². The van der Waals surface area contributed by atoms with E-state index in [1.165, 1.54) is 18.2 Å². The summed E-state index contributed by atoms with van der Waals surface area (Å²) in [6.45, 7) is -0.0601. The number of urea groups is 1. The quantitative estimate of drug-likeness (QED) is 0.0899. The largest absolute Gasteiger partial charge is 0.547 e. The highest BCUT2D eigenvalue weighted by atomic mass is 16.6. The van der Waals surface area contributed by atoms with E-state index in [4.69, 9.17) is 10.4 Å². The molecular weight excluding hydrogens is 559 g/mol. The Balaban J connectivity index is 1.61. The molecule has 4 rings (SSSR count). The van der Waals surface area contributed by atoms with Gasteiger partial charge in [-0.15, -0.1) is 0 Å². The van der Waals surface area contributed by atoms with Gasteiger partial charge < -0.3 is 41.2 Å². The molecule has 0 spiro atoms. The lowest BCUT2D eigenvalue weighted by molar-refractivity contribution is -0.385. The number of nitrogens with one attached hydrogen (secondary N) is 2. The topological polar surface area (TPSA) is 255 Å². The standard InChI is InChI=1S/C24H25BN6O11/c26-6-7-29-8-9-30(22(35)21(29)34)24(38)28-18(12-4-5-16(32)15(10-12)31(40)41)20(33)27-17-11-13-2-1-3-14(23(36)37)19(13)42-25(17)39/h1-5,10,17-18,32,39H,6-9,11,26H2,(H,27,33)(H,28,38)(H,36,37)/t17-,18?/m0/s1. The Labute approximate surface area is 237 Å². The van der Waals surface area contributed by atoms with Crippen molar-refractivity contribution < 1.29 is 48.8 Å². The molecular formula is C24H25BN6O11. The van der Waals surface area contributed by atoms with Gasteiger partial charge >= 0.3 is 36.6 Å². The molecule has 220 valence electrons. The number of aromatic hydroxyl groups is 1. The van der Waals surface area contributed by atoms with E-state index in [9.17, 15) is 49.3 Å². The molecule has 18 heteroatoms. The number of nitrogens with zero attached hydrogens (tertiary/aromatic N) is 3. The van der Waals surface area contributed by atoms with Crippen molar-refractivity contribution in [2.45, 2.75) is 18.4 Å². The minimum Gasteiger partial charge on any atom is -0.534 e. The van der Waals surface area contributed by atoms with Gasteiger partial charge in [0.25, 0.3) is 0 Å². The zero-order valence-corrected chi connectivity index (χ0v) is 21.8. The van der Waals surface area contributed by atoms with Gasteiger partial charge in [-0.05, 0) is 29.7 Å². The number of carbonyl (C=O) groups excluding carboxylic acids is 4. The summed E-state index contributed by atoms with van der Waals surface area (Å²) in [5, 5.41) is 46.0. The third-order valence-corrected chi connectivity index (χ3v) is 6.69. The Hall–Kier alpha value is -5.23. The lowest BCUT2D eigenvalue weighted by atomic mass is 9.72. The number of piperazine rings is 1. The molecule has 2 aliphatic rings. The highest BCUT2D eigenvalue weighted by molar-refractivity contribution is 6.47. The van der Waals surface area contributed by atoms with Gasteiger partial charge in [0, 0.05) is 32.2 Å². The van der Waals surface area contributed by atoms with Crippen LogP contribution >= 0.6 is 0 Å². The van der Waals surface area contributed by atoms with E-state index in [-0.39, 0.29) is 49.5 Å². The number of nitrogens with two attached hydrogens (primary N) is 1. The molecule has 1 saturated heterocycles. The van der Waals surface area contributed by atoms with Crippen LogP contribution in [-0.2, 0) is 20.8 Å². The van der Waals surface area contributed by atoms with E-state index in [2.05, 4.69) is 10.6 Å². The van der Waals surface area contributed by atoms with Crippen LogP contribution in [0, 0.1) is 10.1 Å². The van der Waals surface area contributed by atoms with Crippen LogP contribution in [0.3, 0.4) is 0 Å². The molecule has 7 N–H and O–H groups in total. The average molecular weight is 584 g/mol. The molecule has 1 fully saturated rings. The molecule has 2 aromatic carbocycles. The molecule has 2 atom stereocenters. The second-order valence-corrected chi connectivity index (χ2v) is 9.35. The number of fused-ring (bicyclic) bond motifs is 1. The molecule has 0 aromatic heterocycles. The van der Waals surface area contributed by atoms with Crippen molar-refractivity contribution in [2.24, 2.45) is 5.73 Å². The molecule has 2 aliphatic heterocycles. The SMILES string of the molecule is NCCN1CCN(C(=O)NC(C(=O)N[C@H]2Cc3cccc(C(=O)O)c3OB2O)c2ccc(O)c([N+](=O)[O-])c2)C(=O)C1=O. The first-order chi connectivity index (χ1) is 19.9. The number of carboxylic acids is 1. The second-order valence-electron chi connectivity index (χ2n) is 9.35. The summed E-state index contributed by atoms with van der Waals surface area (Å²) in [5.41, 5.74) is 4.63. The van der Waals surface area contributed by atoms with Crippen LogP contribution in [0.4, 0.5) is 10.5 Å². The van der Waals surface area contributed by atoms with Crippen LogP contribution in [-0.4, -0.2) is 98.9 Å². The highest BCUT2D eigenvalue weighted by Gasteiger charge is 2.41. The Morgan fingerprint density at radius 3 is 2.60 bits per heavy atom. The van der Waals surface area contributed by atoms with E-state index in [0.717, 1.165) is 23.1 Å². The van der Waals surface area contributed by atoms with E-state index in [1.54, 1.807) is 0 Å². The van der Waals surface area contributed by atoms with Gasteiger partial charge in [-0.2, -0.15) is 0 Å². The van der Waals surface area contributed by atoms with Gasteiger partial charge in [-0.1, -0.05) is 18.2 Å². The molecule has 0 bridgehead atoms. The predicted molar refractivity (Wildman–Crippen MR) is 141 cm³/mol. The van der Waals surface area contributed by atoms with Crippen LogP contribution in [0.1, 0.15) is 27.5 Å². The minimum absolute atomic E-state index is 0.0138. The summed E-state index contributed by atoms with van der Waals surface area (Å²) in [5.74, 6) is -6.42. The summed E-state index contributed by atoms with van der Waals surface area (Å²) >= 11 is 0. The zero-order chi connectivity index (χ0) is 30.7. The number of hydrogen-bond donors (Lipinski definition) is 6. The lowest BCUT2D eigenvalue weighted by Crippen LogP contribution is -2.60.